The summed E-state index contributed by atoms with van der Waals surface area (Å²) < 4.78 is 32.2. The van der Waals surface area contributed by atoms with Gasteiger partial charge in [0.2, 0.25) is 10.0 Å². The lowest BCUT2D eigenvalue weighted by atomic mass is 10.1. The van der Waals surface area contributed by atoms with E-state index in [1.165, 1.54) is 0 Å². The van der Waals surface area contributed by atoms with Gasteiger partial charge in [-0.15, -0.1) is 0 Å². The van der Waals surface area contributed by atoms with Crippen molar-refractivity contribution in [1.29, 1.82) is 0 Å². The molecule has 1 fully saturated rings. The monoisotopic (exact) mass is 298 g/mol. The first-order valence-electron chi connectivity index (χ1n) is 6.87. The molecular weight excluding hydrogens is 276 g/mol. The summed E-state index contributed by atoms with van der Waals surface area (Å²) in [6, 6.07) is 4.87. The second-order valence-corrected chi connectivity index (χ2v) is 7.02. The van der Waals surface area contributed by atoms with Crippen LogP contribution in [-0.4, -0.2) is 39.0 Å². The molecule has 0 amide bonds. The van der Waals surface area contributed by atoms with Crippen LogP contribution < -0.4 is 10.5 Å². The number of hydrogen-bond donors (Lipinski definition) is 1. The van der Waals surface area contributed by atoms with E-state index in [1.807, 2.05) is 6.92 Å². The van der Waals surface area contributed by atoms with E-state index in [-0.39, 0.29) is 6.04 Å². The number of nitrogens with zero attached hydrogens (tertiary/aromatic N) is 1. The number of methoxy groups -OCH3 is 1. The third-order valence-electron chi connectivity index (χ3n) is 3.82. The maximum atomic E-state index is 12.7. The molecule has 0 aliphatic carbocycles. The first kappa shape index (κ1) is 15.3. The van der Waals surface area contributed by atoms with E-state index in [9.17, 15) is 8.42 Å². The molecule has 1 aliphatic heterocycles. The van der Waals surface area contributed by atoms with Crippen LogP contribution in [0.2, 0.25) is 0 Å². The summed E-state index contributed by atoms with van der Waals surface area (Å²) in [5.74, 6) is 0.693. The average molecular weight is 298 g/mol. The molecule has 1 aromatic rings. The van der Waals surface area contributed by atoms with Crippen molar-refractivity contribution in [2.45, 2.75) is 37.1 Å². The number of aryl methyl sites for hydroxylation is 1. The van der Waals surface area contributed by atoms with E-state index in [0.717, 1.165) is 24.8 Å². The van der Waals surface area contributed by atoms with Crippen molar-refractivity contribution in [3.05, 3.63) is 23.8 Å². The summed E-state index contributed by atoms with van der Waals surface area (Å²) in [5, 5.41) is 0. The summed E-state index contributed by atoms with van der Waals surface area (Å²) in [6.07, 6.45) is 2.77. The van der Waals surface area contributed by atoms with Crippen molar-refractivity contribution >= 4 is 10.0 Å². The molecule has 0 radical (unpaired) electrons. The molecule has 20 heavy (non-hydrogen) atoms. The zero-order chi connectivity index (χ0) is 14.8. The lowest BCUT2D eigenvalue weighted by Crippen LogP contribution is -2.47. The van der Waals surface area contributed by atoms with Gasteiger partial charge in [-0.2, -0.15) is 4.31 Å². The summed E-state index contributed by atoms with van der Waals surface area (Å²) in [4.78, 5) is 0.316. The van der Waals surface area contributed by atoms with Crippen molar-refractivity contribution in [3.8, 4) is 5.75 Å². The Morgan fingerprint density at radius 1 is 1.40 bits per heavy atom. The number of nitrogens with two attached hydrogens (primary N) is 1. The van der Waals surface area contributed by atoms with Gasteiger partial charge in [0, 0.05) is 19.1 Å². The zero-order valence-electron chi connectivity index (χ0n) is 12.0. The number of hydrogen-bond acceptors (Lipinski definition) is 4. The van der Waals surface area contributed by atoms with Gasteiger partial charge in [-0.05, 0) is 43.5 Å². The highest BCUT2D eigenvalue weighted by Gasteiger charge is 2.32. The number of rotatable bonds is 4. The lowest BCUT2D eigenvalue weighted by Gasteiger charge is -2.34. The third kappa shape index (κ3) is 2.82. The molecule has 0 aromatic heterocycles. The number of sulfonamides is 1. The normalized spacial score (nSPS) is 20.9. The van der Waals surface area contributed by atoms with Crippen molar-refractivity contribution < 1.29 is 13.2 Å². The van der Waals surface area contributed by atoms with Gasteiger partial charge in [0.05, 0.1) is 12.0 Å². The predicted octanol–water partition coefficient (Wildman–Crippen LogP) is 1.51. The molecule has 112 valence electrons. The van der Waals surface area contributed by atoms with Crippen LogP contribution in [0.4, 0.5) is 0 Å². The van der Waals surface area contributed by atoms with Crippen LogP contribution in [0.5, 0.6) is 5.75 Å². The summed E-state index contributed by atoms with van der Waals surface area (Å²) in [5.41, 5.74) is 6.53. The van der Waals surface area contributed by atoms with E-state index in [4.69, 9.17) is 10.5 Å². The highest BCUT2D eigenvalue weighted by Crippen LogP contribution is 2.27. The fourth-order valence-electron chi connectivity index (χ4n) is 2.67. The quantitative estimate of drug-likeness (QED) is 0.914. The minimum absolute atomic E-state index is 0.0869. The van der Waals surface area contributed by atoms with E-state index >= 15 is 0 Å². The van der Waals surface area contributed by atoms with Crippen molar-refractivity contribution in [2.75, 3.05) is 20.2 Å². The summed E-state index contributed by atoms with van der Waals surface area (Å²) >= 11 is 0. The maximum Gasteiger partial charge on any atom is 0.243 e. The van der Waals surface area contributed by atoms with E-state index < -0.39 is 10.0 Å². The zero-order valence-corrected chi connectivity index (χ0v) is 12.8. The first-order chi connectivity index (χ1) is 9.50. The van der Waals surface area contributed by atoms with Crippen LogP contribution in [0.25, 0.3) is 0 Å². The molecule has 0 bridgehead atoms. The summed E-state index contributed by atoms with van der Waals surface area (Å²) in [7, 11) is -1.90. The van der Waals surface area contributed by atoms with Crippen LogP contribution in [-0.2, 0) is 10.0 Å². The van der Waals surface area contributed by atoms with Crippen LogP contribution in [0.15, 0.2) is 23.1 Å². The Morgan fingerprint density at radius 3 is 2.75 bits per heavy atom. The lowest BCUT2D eigenvalue weighted by molar-refractivity contribution is 0.257. The molecule has 1 saturated heterocycles. The minimum atomic E-state index is -3.47. The van der Waals surface area contributed by atoms with Crippen molar-refractivity contribution in [1.82, 2.24) is 4.31 Å². The second-order valence-electron chi connectivity index (χ2n) is 5.13. The van der Waals surface area contributed by atoms with Crippen LogP contribution in [0, 0.1) is 6.92 Å². The van der Waals surface area contributed by atoms with Gasteiger partial charge in [0.15, 0.2) is 0 Å². The maximum absolute atomic E-state index is 12.7. The Hall–Kier alpha value is -1.11. The molecule has 2 rings (SSSR count). The molecule has 1 atom stereocenters. The van der Waals surface area contributed by atoms with Gasteiger partial charge in [-0.3, -0.25) is 0 Å². The molecule has 2 N–H and O–H groups in total. The molecule has 0 spiro atoms. The number of benzene rings is 1. The Kier molecular flexibility index (Phi) is 4.67. The fourth-order valence-corrected chi connectivity index (χ4v) is 4.46. The van der Waals surface area contributed by atoms with E-state index in [1.54, 1.807) is 29.6 Å². The van der Waals surface area contributed by atoms with E-state index in [2.05, 4.69) is 0 Å². The number of ether oxygens (including phenoxy) is 1. The predicted molar refractivity (Wildman–Crippen MR) is 78.3 cm³/mol. The van der Waals surface area contributed by atoms with Gasteiger partial charge in [-0.25, -0.2) is 8.42 Å². The first-order valence-corrected chi connectivity index (χ1v) is 8.31. The molecule has 1 aliphatic rings. The van der Waals surface area contributed by atoms with Crippen LogP contribution >= 0.6 is 0 Å². The topological polar surface area (TPSA) is 72.6 Å². The molecule has 5 nitrogen and oxygen atoms in total. The molecule has 0 saturated carbocycles. The molecule has 6 heteroatoms. The minimum Gasteiger partial charge on any atom is -0.496 e. The highest BCUT2D eigenvalue weighted by molar-refractivity contribution is 7.89. The smallest absolute Gasteiger partial charge is 0.243 e. The Labute approximate surface area is 120 Å². The van der Waals surface area contributed by atoms with Crippen LogP contribution in [0.1, 0.15) is 24.8 Å². The molecule has 1 heterocycles. The average Bonchev–Trinajstić information content (AvgIpc) is 2.47. The Balaban J connectivity index is 2.36. The standard InChI is InChI=1S/C14H22N2O3S/c1-11-9-13(6-7-14(11)19-2)20(17,18)16-8-4-3-5-12(16)10-15/h6-7,9,12H,3-5,8,10,15H2,1-2H3. The molecular formula is C14H22N2O3S. The SMILES string of the molecule is COc1ccc(S(=O)(=O)N2CCCCC2CN)cc1C. The largest absolute Gasteiger partial charge is 0.496 e. The highest BCUT2D eigenvalue weighted by atomic mass is 32.2. The van der Waals surface area contributed by atoms with Gasteiger partial charge in [0.1, 0.15) is 5.75 Å². The van der Waals surface area contributed by atoms with Crippen molar-refractivity contribution in [2.24, 2.45) is 5.73 Å². The van der Waals surface area contributed by atoms with Gasteiger partial charge >= 0.3 is 0 Å². The number of piperidine rings is 1. The van der Waals surface area contributed by atoms with Gasteiger partial charge < -0.3 is 10.5 Å². The third-order valence-corrected chi connectivity index (χ3v) is 5.77. The van der Waals surface area contributed by atoms with Gasteiger partial charge in [0.25, 0.3) is 0 Å². The van der Waals surface area contributed by atoms with Crippen molar-refractivity contribution in [3.63, 3.8) is 0 Å². The fraction of sp³-hybridized carbons (Fsp3) is 0.571. The molecule has 1 aromatic carbocycles. The van der Waals surface area contributed by atoms with Crippen LogP contribution in [0.3, 0.4) is 0 Å². The second kappa shape index (κ2) is 6.11. The van der Waals surface area contributed by atoms with Gasteiger partial charge in [-0.1, -0.05) is 6.42 Å². The Morgan fingerprint density at radius 2 is 2.15 bits per heavy atom. The Bertz CT molecular complexity index is 572. The van der Waals surface area contributed by atoms with E-state index in [0.29, 0.717) is 23.7 Å². The molecule has 1 unspecified atom stereocenters. The summed E-state index contributed by atoms with van der Waals surface area (Å²) in [6.45, 7) is 2.76.